The van der Waals surface area contributed by atoms with Crippen molar-refractivity contribution in [1.29, 1.82) is 0 Å². The van der Waals surface area contributed by atoms with E-state index in [2.05, 4.69) is 5.32 Å². The minimum absolute atomic E-state index is 0.248. The molecular formula is C12H14FNO4. The van der Waals surface area contributed by atoms with Crippen LogP contribution < -0.4 is 5.32 Å². The van der Waals surface area contributed by atoms with E-state index in [4.69, 9.17) is 5.11 Å². The Kier molecular flexibility index (Phi) is 4.38. The summed E-state index contributed by atoms with van der Waals surface area (Å²) in [6, 6.07) is 2.46. The minimum Gasteiger partial charge on any atom is -0.480 e. The maximum absolute atomic E-state index is 13.4. The van der Waals surface area contributed by atoms with Crippen molar-refractivity contribution < 1.29 is 24.2 Å². The third-order valence-corrected chi connectivity index (χ3v) is 2.40. The molecule has 0 spiro atoms. The van der Waals surface area contributed by atoms with Gasteiger partial charge in [-0.25, -0.2) is 9.18 Å². The third kappa shape index (κ3) is 3.27. The van der Waals surface area contributed by atoms with Crippen molar-refractivity contribution in [1.82, 2.24) is 5.32 Å². The van der Waals surface area contributed by atoms with Crippen molar-refractivity contribution in [2.75, 3.05) is 0 Å². The fourth-order valence-corrected chi connectivity index (χ4v) is 1.42. The molecule has 1 aromatic rings. The lowest BCUT2D eigenvalue weighted by molar-refractivity contribution is -0.141. The Morgan fingerprint density at radius 3 is 2.50 bits per heavy atom. The van der Waals surface area contributed by atoms with Gasteiger partial charge in [-0.05, 0) is 26.0 Å². The fraction of sp³-hybridized carbons (Fsp3) is 0.333. The standard InChI is InChI=1S/C12H14FNO4/c1-6-3-4-9(13)8(5-6)11(16)14-10(7(2)15)12(17)18/h3-5,7,10,15H,1-2H3,(H,14,16)(H,17,18)/t7-,10+/m1/s1. The van der Waals surface area contributed by atoms with Gasteiger partial charge in [-0.2, -0.15) is 0 Å². The molecule has 1 rings (SSSR count). The second-order valence-electron chi connectivity index (χ2n) is 4.01. The number of halogens is 1. The van der Waals surface area contributed by atoms with E-state index in [1.54, 1.807) is 6.92 Å². The Morgan fingerprint density at radius 1 is 1.39 bits per heavy atom. The van der Waals surface area contributed by atoms with Gasteiger partial charge in [0.2, 0.25) is 0 Å². The number of carbonyl (C=O) groups excluding carboxylic acids is 1. The summed E-state index contributed by atoms with van der Waals surface area (Å²) in [7, 11) is 0. The van der Waals surface area contributed by atoms with Crippen molar-refractivity contribution in [3.05, 3.63) is 35.1 Å². The molecule has 1 amide bonds. The van der Waals surface area contributed by atoms with Gasteiger partial charge in [0, 0.05) is 0 Å². The highest BCUT2D eigenvalue weighted by atomic mass is 19.1. The number of rotatable bonds is 4. The number of aryl methyl sites for hydroxylation is 1. The van der Waals surface area contributed by atoms with E-state index in [0.29, 0.717) is 5.56 Å². The Hall–Kier alpha value is -1.95. The number of carboxylic acid groups (broad SMARTS) is 1. The first-order valence-corrected chi connectivity index (χ1v) is 5.31. The van der Waals surface area contributed by atoms with Crippen molar-refractivity contribution in [2.45, 2.75) is 26.0 Å². The number of benzene rings is 1. The van der Waals surface area contributed by atoms with E-state index in [0.717, 1.165) is 6.07 Å². The zero-order valence-corrected chi connectivity index (χ0v) is 9.98. The number of carbonyl (C=O) groups is 2. The van der Waals surface area contributed by atoms with E-state index >= 15 is 0 Å². The summed E-state index contributed by atoms with van der Waals surface area (Å²) < 4.78 is 13.4. The topological polar surface area (TPSA) is 86.6 Å². The Labute approximate surface area is 103 Å². The highest BCUT2D eigenvalue weighted by Crippen LogP contribution is 2.10. The molecule has 0 aliphatic heterocycles. The van der Waals surface area contributed by atoms with E-state index in [9.17, 15) is 19.1 Å². The van der Waals surface area contributed by atoms with Crippen LogP contribution in [0.2, 0.25) is 0 Å². The Morgan fingerprint density at radius 2 is 2.00 bits per heavy atom. The summed E-state index contributed by atoms with van der Waals surface area (Å²) in [5.74, 6) is -3.00. The van der Waals surface area contributed by atoms with Gasteiger partial charge in [-0.15, -0.1) is 0 Å². The monoisotopic (exact) mass is 255 g/mol. The molecule has 0 saturated carbocycles. The summed E-state index contributed by atoms with van der Waals surface area (Å²) in [5.41, 5.74) is 0.423. The van der Waals surface area contributed by atoms with Crippen molar-refractivity contribution in [3.63, 3.8) is 0 Å². The summed E-state index contributed by atoms with van der Waals surface area (Å²) in [6.45, 7) is 2.91. The fourth-order valence-electron chi connectivity index (χ4n) is 1.42. The number of amides is 1. The average molecular weight is 255 g/mol. The van der Waals surface area contributed by atoms with Crippen LogP contribution >= 0.6 is 0 Å². The second-order valence-corrected chi connectivity index (χ2v) is 4.01. The van der Waals surface area contributed by atoms with Crippen LogP contribution in [0.1, 0.15) is 22.8 Å². The second kappa shape index (κ2) is 5.59. The number of hydrogen-bond acceptors (Lipinski definition) is 3. The summed E-state index contributed by atoms with van der Waals surface area (Å²) in [5, 5.41) is 20.1. The molecule has 0 fully saturated rings. The van der Waals surface area contributed by atoms with E-state index < -0.39 is 29.8 Å². The zero-order chi connectivity index (χ0) is 13.9. The molecule has 2 atom stereocenters. The van der Waals surface area contributed by atoms with Crippen molar-refractivity contribution >= 4 is 11.9 Å². The van der Waals surface area contributed by atoms with Crippen molar-refractivity contribution in [3.8, 4) is 0 Å². The van der Waals surface area contributed by atoms with Gasteiger partial charge in [0.1, 0.15) is 5.82 Å². The van der Waals surface area contributed by atoms with E-state index in [1.807, 2.05) is 0 Å². The molecule has 0 heterocycles. The van der Waals surface area contributed by atoms with Gasteiger partial charge >= 0.3 is 5.97 Å². The van der Waals surface area contributed by atoms with E-state index in [-0.39, 0.29) is 5.56 Å². The van der Waals surface area contributed by atoms with E-state index in [1.165, 1.54) is 19.1 Å². The SMILES string of the molecule is Cc1ccc(F)c(C(=O)N[C@H](C(=O)O)[C@@H](C)O)c1. The van der Waals surface area contributed by atoms with Crippen LogP contribution in [0.25, 0.3) is 0 Å². The number of carboxylic acids is 1. The molecule has 98 valence electrons. The molecule has 0 unspecified atom stereocenters. The highest BCUT2D eigenvalue weighted by Gasteiger charge is 2.26. The predicted molar refractivity (Wildman–Crippen MR) is 61.7 cm³/mol. The molecule has 18 heavy (non-hydrogen) atoms. The molecule has 0 aliphatic rings. The van der Waals surface area contributed by atoms with Gasteiger partial charge in [0.15, 0.2) is 6.04 Å². The first kappa shape index (κ1) is 14.1. The molecule has 0 bridgehead atoms. The van der Waals surface area contributed by atoms with Gasteiger partial charge in [0.05, 0.1) is 11.7 Å². The van der Waals surface area contributed by atoms with Crippen LogP contribution in [-0.2, 0) is 4.79 Å². The smallest absolute Gasteiger partial charge is 0.328 e. The molecule has 0 saturated heterocycles. The summed E-state index contributed by atoms with van der Waals surface area (Å²) in [6.07, 6.45) is -1.28. The highest BCUT2D eigenvalue weighted by molar-refractivity contribution is 5.97. The largest absolute Gasteiger partial charge is 0.480 e. The number of nitrogens with one attached hydrogen (secondary N) is 1. The first-order valence-electron chi connectivity index (χ1n) is 5.31. The van der Waals surface area contributed by atoms with Gasteiger partial charge in [-0.3, -0.25) is 4.79 Å². The van der Waals surface area contributed by atoms with Gasteiger partial charge in [0.25, 0.3) is 5.91 Å². The van der Waals surface area contributed by atoms with Crippen LogP contribution in [0.15, 0.2) is 18.2 Å². The lowest BCUT2D eigenvalue weighted by Gasteiger charge is -2.17. The predicted octanol–water partition coefficient (Wildman–Crippen LogP) is 0.698. The average Bonchev–Trinajstić information content (AvgIpc) is 2.28. The Balaban J connectivity index is 2.94. The molecular weight excluding hydrogens is 241 g/mol. The quantitative estimate of drug-likeness (QED) is 0.739. The maximum atomic E-state index is 13.4. The molecule has 5 nitrogen and oxygen atoms in total. The van der Waals surface area contributed by atoms with Crippen LogP contribution in [0.5, 0.6) is 0 Å². The molecule has 0 aliphatic carbocycles. The number of hydrogen-bond donors (Lipinski definition) is 3. The van der Waals surface area contributed by atoms with Crippen LogP contribution in [0, 0.1) is 12.7 Å². The van der Waals surface area contributed by atoms with Gasteiger partial charge < -0.3 is 15.5 Å². The number of aliphatic hydroxyl groups is 1. The van der Waals surface area contributed by atoms with Crippen molar-refractivity contribution in [2.24, 2.45) is 0 Å². The first-order chi connectivity index (χ1) is 8.32. The molecule has 0 radical (unpaired) electrons. The van der Waals surface area contributed by atoms with Crippen LogP contribution in [0.3, 0.4) is 0 Å². The zero-order valence-electron chi connectivity index (χ0n) is 9.98. The van der Waals surface area contributed by atoms with Crippen LogP contribution in [0.4, 0.5) is 4.39 Å². The molecule has 3 N–H and O–H groups in total. The minimum atomic E-state index is -1.47. The molecule has 0 aromatic heterocycles. The summed E-state index contributed by atoms with van der Waals surface area (Å²) >= 11 is 0. The number of aliphatic hydroxyl groups excluding tert-OH is 1. The Bertz CT molecular complexity index is 473. The lowest BCUT2D eigenvalue weighted by Crippen LogP contribution is -2.47. The lowest BCUT2D eigenvalue weighted by atomic mass is 10.1. The van der Waals surface area contributed by atoms with Crippen LogP contribution in [-0.4, -0.2) is 34.2 Å². The molecule has 1 aromatic carbocycles. The maximum Gasteiger partial charge on any atom is 0.328 e. The molecule has 6 heteroatoms. The third-order valence-electron chi connectivity index (χ3n) is 2.40. The van der Waals surface area contributed by atoms with Gasteiger partial charge in [-0.1, -0.05) is 11.6 Å². The summed E-state index contributed by atoms with van der Waals surface area (Å²) in [4.78, 5) is 22.5. The number of aliphatic carboxylic acids is 1. The normalized spacial score (nSPS) is 13.8.